The Labute approximate surface area is 481 Å². The molecule has 2 atom stereocenters. The van der Waals surface area contributed by atoms with Crippen molar-refractivity contribution in [2.24, 2.45) is 0 Å². The van der Waals surface area contributed by atoms with Crippen molar-refractivity contribution in [3.8, 4) is 0 Å². The second-order valence-electron chi connectivity index (χ2n) is 23.9. The molecule has 0 rings (SSSR count). The number of rotatable bonds is 65. The van der Waals surface area contributed by atoms with Crippen LogP contribution in [0.1, 0.15) is 380 Å². The smallest absolute Gasteiger partial charge is 0.305 e. The lowest BCUT2D eigenvalue weighted by Gasteiger charge is -2.20. The van der Waals surface area contributed by atoms with Crippen molar-refractivity contribution < 1.29 is 24.5 Å². The Kier molecular flexibility index (Phi) is 64.9. The summed E-state index contributed by atoms with van der Waals surface area (Å²) >= 11 is 0. The molecule has 0 aliphatic heterocycles. The van der Waals surface area contributed by atoms with Gasteiger partial charge in [-0.1, -0.05) is 346 Å². The van der Waals surface area contributed by atoms with Gasteiger partial charge in [-0.05, 0) is 57.8 Å². The molecule has 454 valence electrons. The van der Waals surface area contributed by atoms with Gasteiger partial charge in [-0.3, -0.25) is 9.59 Å². The zero-order valence-electron chi connectivity index (χ0n) is 52.0. The Morgan fingerprint density at radius 2 is 0.662 bits per heavy atom. The van der Waals surface area contributed by atoms with Gasteiger partial charge in [0.05, 0.1) is 25.4 Å². The maximum absolute atomic E-state index is 12.5. The summed E-state index contributed by atoms with van der Waals surface area (Å²) in [7, 11) is 0. The number of allylic oxidation sites excluding steroid dienone is 5. The molecule has 77 heavy (non-hydrogen) atoms. The van der Waals surface area contributed by atoms with Crippen molar-refractivity contribution in [2.75, 3.05) is 13.2 Å². The van der Waals surface area contributed by atoms with Crippen LogP contribution < -0.4 is 5.32 Å². The summed E-state index contributed by atoms with van der Waals surface area (Å²) in [6.07, 6.45) is 85.0. The van der Waals surface area contributed by atoms with Gasteiger partial charge in [0.15, 0.2) is 0 Å². The lowest BCUT2D eigenvalue weighted by atomic mass is 10.0. The maximum atomic E-state index is 12.5. The lowest BCUT2D eigenvalue weighted by Crippen LogP contribution is -2.45. The van der Waals surface area contributed by atoms with Gasteiger partial charge in [0.25, 0.3) is 0 Å². The summed E-state index contributed by atoms with van der Waals surface area (Å²) in [5.41, 5.74) is 0. The van der Waals surface area contributed by atoms with Crippen molar-refractivity contribution >= 4 is 11.9 Å². The number of hydrogen-bond donors (Lipinski definition) is 3. The van der Waals surface area contributed by atoms with Gasteiger partial charge in [-0.15, -0.1) is 0 Å². The molecule has 0 fully saturated rings. The van der Waals surface area contributed by atoms with E-state index < -0.39 is 12.1 Å². The summed E-state index contributed by atoms with van der Waals surface area (Å²) in [5, 5.41) is 23.2. The summed E-state index contributed by atoms with van der Waals surface area (Å²) in [6, 6.07) is -0.627. The van der Waals surface area contributed by atoms with Crippen LogP contribution in [0, 0.1) is 0 Å². The van der Waals surface area contributed by atoms with Crippen molar-refractivity contribution in [1.29, 1.82) is 0 Å². The summed E-state index contributed by atoms with van der Waals surface area (Å²) in [5.74, 6) is -0.0588. The largest absolute Gasteiger partial charge is 0.466 e. The van der Waals surface area contributed by atoms with E-state index in [-0.39, 0.29) is 18.5 Å². The van der Waals surface area contributed by atoms with E-state index in [1.165, 1.54) is 302 Å². The fraction of sp³-hybridized carbons (Fsp3) is 0.887. The van der Waals surface area contributed by atoms with E-state index in [0.717, 1.165) is 51.4 Å². The number of aliphatic hydroxyl groups excluding tert-OH is 2. The molecule has 0 spiro atoms. The monoisotopic (exact) mass is 1080 g/mol. The molecule has 0 saturated heterocycles. The van der Waals surface area contributed by atoms with E-state index in [1.807, 2.05) is 6.08 Å². The maximum Gasteiger partial charge on any atom is 0.305 e. The first-order valence-electron chi connectivity index (χ1n) is 34.8. The third kappa shape index (κ3) is 63.1. The molecule has 0 aromatic rings. The highest BCUT2D eigenvalue weighted by atomic mass is 16.5. The second kappa shape index (κ2) is 66.6. The molecule has 1 amide bonds. The van der Waals surface area contributed by atoms with Gasteiger partial charge >= 0.3 is 5.97 Å². The average Bonchev–Trinajstić information content (AvgIpc) is 3.43. The van der Waals surface area contributed by atoms with Crippen molar-refractivity contribution in [2.45, 2.75) is 392 Å². The molecule has 6 nitrogen and oxygen atoms in total. The van der Waals surface area contributed by atoms with E-state index >= 15 is 0 Å². The predicted octanol–water partition coefficient (Wildman–Crippen LogP) is 22.3. The number of amides is 1. The van der Waals surface area contributed by atoms with Crippen LogP contribution in [-0.2, 0) is 14.3 Å². The summed E-state index contributed by atoms with van der Waals surface area (Å²) < 4.78 is 5.48. The summed E-state index contributed by atoms with van der Waals surface area (Å²) in [6.45, 7) is 4.89. The van der Waals surface area contributed by atoms with Crippen LogP contribution in [0.5, 0.6) is 0 Å². The van der Waals surface area contributed by atoms with E-state index in [0.29, 0.717) is 19.4 Å². The standard InChI is InChI=1S/C71H135NO5/c1-3-5-7-9-11-13-15-17-19-20-30-33-36-39-43-47-51-55-59-63-69(74)68(67-73)72-70(75)64-60-56-52-48-44-40-37-34-31-28-26-24-22-21-23-25-27-29-32-35-38-42-46-50-54-58-62-66-77-71(76)65-61-57-53-49-45-41-18-16-14-12-10-8-6-4-2/h10,12,16,18,59,63,68-69,73-74H,3-9,11,13-15,17,19-58,60-62,64-67H2,1-2H3,(H,72,75)/b12-10-,18-16-,63-59+. The Morgan fingerprint density at radius 1 is 0.364 bits per heavy atom. The van der Waals surface area contributed by atoms with Crippen LogP contribution in [0.2, 0.25) is 0 Å². The number of carbonyl (C=O) groups excluding carboxylic acids is 2. The molecule has 0 aromatic heterocycles. The zero-order valence-corrected chi connectivity index (χ0v) is 52.0. The topological polar surface area (TPSA) is 95.9 Å². The van der Waals surface area contributed by atoms with Crippen LogP contribution in [0.15, 0.2) is 36.5 Å². The number of carbonyl (C=O) groups is 2. The lowest BCUT2D eigenvalue weighted by molar-refractivity contribution is -0.143. The van der Waals surface area contributed by atoms with Crippen LogP contribution in [0.4, 0.5) is 0 Å². The number of ether oxygens (including phenoxy) is 1. The highest BCUT2D eigenvalue weighted by Crippen LogP contribution is 2.19. The predicted molar refractivity (Wildman–Crippen MR) is 338 cm³/mol. The number of hydrogen-bond acceptors (Lipinski definition) is 5. The number of unbranched alkanes of at least 4 members (excludes halogenated alkanes) is 50. The number of esters is 1. The van der Waals surface area contributed by atoms with Crippen molar-refractivity contribution in [3.63, 3.8) is 0 Å². The molecule has 0 bridgehead atoms. The van der Waals surface area contributed by atoms with Gasteiger partial charge in [0, 0.05) is 12.8 Å². The molecule has 0 radical (unpaired) electrons. The minimum Gasteiger partial charge on any atom is -0.466 e. The number of nitrogens with one attached hydrogen (secondary N) is 1. The van der Waals surface area contributed by atoms with Gasteiger partial charge in [-0.2, -0.15) is 0 Å². The first kappa shape index (κ1) is 75.1. The van der Waals surface area contributed by atoms with Crippen molar-refractivity contribution in [1.82, 2.24) is 5.32 Å². The fourth-order valence-corrected chi connectivity index (χ4v) is 10.8. The Morgan fingerprint density at radius 3 is 1.03 bits per heavy atom. The molecule has 3 N–H and O–H groups in total. The van der Waals surface area contributed by atoms with Gasteiger partial charge < -0.3 is 20.3 Å². The molecule has 0 heterocycles. The average molecular weight is 1080 g/mol. The third-order valence-electron chi connectivity index (χ3n) is 16.2. The van der Waals surface area contributed by atoms with Gasteiger partial charge in [0.1, 0.15) is 0 Å². The van der Waals surface area contributed by atoms with Gasteiger partial charge in [-0.25, -0.2) is 0 Å². The third-order valence-corrected chi connectivity index (χ3v) is 16.2. The minimum absolute atomic E-state index is 0.00335. The summed E-state index contributed by atoms with van der Waals surface area (Å²) in [4.78, 5) is 24.6. The molecule has 2 unspecified atom stereocenters. The first-order valence-corrected chi connectivity index (χ1v) is 34.8. The van der Waals surface area contributed by atoms with Crippen molar-refractivity contribution in [3.05, 3.63) is 36.5 Å². The Balaban J connectivity index is 3.38. The van der Waals surface area contributed by atoms with Crippen LogP contribution in [0.3, 0.4) is 0 Å². The highest BCUT2D eigenvalue weighted by molar-refractivity contribution is 5.76. The minimum atomic E-state index is -0.843. The van der Waals surface area contributed by atoms with Crippen LogP contribution in [-0.4, -0.2) is 47.4 Å². The number of aliphatic hydroxyl groups is 2. The first-order chi connectivity index (χ1) is 38.0. The van der Waals surface area contributed by atoms with E-state index in [4.69, 9.17) is 4.74 Å². The Hall–Kier alpha value is -1.92. The van der Waals surface area contributed by atoms with Gasteiger partial charge in [0.2, 0.25) is 5.91 Å². The van der Waals surface area contributed by atoms with E-state index in [9.17, 15) is 19.8 Å². The molecular weight excluding hydrogens is 947 g/mol. The molecule has 0 saturated carbocycles. The zero-order chi connectivity index (χ0) is 55.7. The normalized spacial score (nSPS) is 12.7. The quantitative estimate of drug-likeness (QED) is 0.0320. The SMILES string of the molecule is CCCC/C=C\C/C=C\CCCCCCCC(=O)OCCCCCCCCCCCCCCCCCCCCCCCCCCCCCC(=O)NC(CO)C(O)/C=C/CCCCCCCCCCCCCCCCCCC. The second-order valence-corrected chi connectivity index (χ2v) is 23.9. The van der Waals surface area contributed by atoms with Crippen LogP contribution >= 0.6 is 0 Å². The molecule has 6 heteroatoms. The molecule has 0 aliphatic rings. The molecular formula is C71H135NO5. The van der Waals surface area contributed by atoms with E-state index in [1.54, 1.807) is 6.08 Å². The van der Waals surface area contributed by atoms with E-state index in [2.05, 4.69) is 43.5 Å². The molecule has 0 aromatic carbocycles. The van der Waals surface area contributed by atoms with Crippen LogP contribution in [0.25, 0.3) is 0 Å². The highest BCUT2D eigenvalue weighted by Gasteiger charge is 2.18. The Bertz CT molecular complexity index is 1250. The fourth-order valence-electron chi connectivity index (χ4n) is 10.8. The molecule has 0 aliphatic carbocycles.